The lowest BCUT2D eigenvalue weighted by molar-refractivity contribution is -0.387. The van der Waals surface area contributed by atoms with Crippen molar-refractivity contribution < 1.29 is 13.3 Å². The van der Waals surface area contributed by atoms with Gasteiger partial charge < -0.3 is 5.32 Å². The van der Waals surface area contributed by atoms with Crippen LogP contribution in [-0.4, -0.2) is 42.8 Å². The Labute approximate surface area is 128 Å². The van der Waals surface area contributed by atoms with E-state index in [1.165, 1.54) is 16.4 Å². The summed E-state index contributed by atoms with van der Waals surface area (Å²) in [6.45, 7) is 4.54. The predicted molar refractivity (Wildman–Crippen MR) is 78.9 cm³/mol. The smallest absolute Gasteiger partial charge is 0.290 e. The van der Waals surface area contributed by atoms with Gasteiger partial charge in [0.05, 0.1) is 4.92 Å². The molecule has 0 radical (unpaired) electrons. The van der Waals surface area contributed by atoms with E-state index in [9.17, 15) is 18.5 Å². The van der Waals surface area contributed by atoms with E-state index in [2.05, 4.69) is 5.32 Å². The molecule has 1 saturated heterocycles. The van der Waals surface area contributed by atoms with Crippen molar-refractivity contribution in [1.29, 1.82) is 0 Å². The van der Waals surface area contributed by atoms with E-state index in [-0.39, 0.29) is 22.0 Å². The van der Waals surface area contributed by atoms with Crippen molar-refractivity contribution >= 4 is 27.3 Å². The number of halogens is 1. The van der Waals surface area contributed by atoms with Gasteiger partial charge in [0.1, 0.15) is 0 Å². The van der Waals surface area contributed by atoms with Gasteiger partial charge >= 0.3 is 0 Å². The highest BCUT2D eigenvalue weighted by molar-refractivity contribution is 7.89. The van der Waals surface area contributed by atoms with Crippen molar-refractivity contribution in [2.24, 2.45) is 0 Å². The lowest BCUT2D eigenvalue weighted by Crippen LogP contribution is -2.57. The zero-order valence-electron chi connectivity index (χ0n) is 11.6. The molecule has 1 heterocycles. The first kappa shape index (κ1) is 16.2. The van der Waals surface area contributed by atoms with Gasteiger partial charge in [0.2, 0.25) is 10.0 Å². The van der Waals surface area contributed by atoms with Gasteiger partial charge in [-0.25, -0.2) is 8.42 Å². The minimum atomic E-state index is -3.96. The Kier molecular flexibility index (Phi) is 4.52. The summed E-state index contributed by atoms with van der Waals surface area (Å²) in [5.41, 5.74) is -0.500. The zero-order valence-corrected chi connectivity index (χ0v) is 13.2. The maximum Gasteiger partial charge on any atom is 0.290 e. The first-order valence-electron chi connectivity index (χ1n) is 6.43. The van der Waals surface area contributed by atoms with Crippen LogP contribution < -0.4 is 5.32 Å². The number of nitro benzene ring substituents is 1. The molecule has 2 rings (SSSR count). The minimum Gasteiger partial charge on any atom is -0.314 e. The number of nitro groups is 1. The highest BCUT2D eigenvalue weighted by Crippen LogP contribution is 2.31. The second kappa shape index (κ2) is 5.88. The second-order valence-electron chi connectivity index (χ2n) is 5.06. The number of nitrogens with one attached hydrogen (secondary N) is 1. The Balaban J connectivity index is 2.56. The summed E-state index contributed by atoms with van der Waals surface area (Å²) in [7, 11) is -3.96. The molecule has 9 heteroatoms. The van der Waals surface area contributed by atoms with Crippen LogP contribution in [0.4, 0.5) is 5.69 Å². The van der Waals surface area contributed by atoms with Gasteiger partial charge in [-0.2, -0.15) is 4.31 Å². The molecule has 2 atom stereocenters. The first-order valence-corrected chi connectivity index (χ1v) is 8.25. The van der Waals surface area contributed by atoms with Crippen molar-refractivity contribution in [3.05, 3.63) is 33.3 Å². The molecule has 7 nitrogen and oxygen atoms in total. The van der Waals surface area contributed by atoms with Crippen LogP contribution in [0.1, 0.15) is 13.8 Å². The first-order chi connectivity index (χ1) is 9.75. The number of nitrogens with zero attached hydrogens (tertiary/aromatic N) is 2. The van der Waals surface area contributed by atoms with Crippen LogP contribution in [-0.2, 0) is 10.0 Å². The molecule has 0 aliphatic carbocycles. The Morgan fingerprint density at radius 2 is 1.90 bits per heavy atom. The minimum absolute atomic E-state index is 0.127. The van der Waals surface area contributed by atoms with E-state index in [1.807, 2.05) is 0 Å². The average molecular weight is 334 g/mol. The summed E-state index contributed by atoms with van der Waals surface area (Å²) in [5, 5.41) is 14.4. The summed E-state index contributed by atoms with van der Waals surface area (Å²) >= 11 is 5.73. The molecule has 116 valence electrons. The molecule has 2 unspecified atom stereocenters. The monoisotopic (exact) mass is 333 g/mol. The van der Waals surface area contributed by atoms with Gasteiger partial charge in [-0.3, -0.25) is 10.1 Å². The fourth-order valence-electron chi connectivity index (χ4n) is 2.55. The van der Waals surface area contributed by atoms with Crippen LogP contribution in [0.25, 0.3) is 0 Å². The Hall–Kier alpha value is -1.22. The van der Waals surface area contributed by atoms with E-state index in [1.54, 1.807) is 13.8 Å². The Morgan fingerprint density at radius 3 is 2.43 bits per heavy atom. The van der Waals surface area contributed by atoms with E-state index >= 15 is 0 Å². The number of piperazine rings is 1. The third kappa shape index (κ3) is 3.03. The standard InChI is InChI=1S/C12H16ClN3O4S/c1-8-6-14-7-9(2)15(8)21(19,20)12-4-3-10(13)5-11(12)16(17)18/h3-5,8-9,14H,6-7H2,1-2H3. The van der Waals surface area contributed by atoms with E-state index in [4.69, 9.17) is 11.6 Å². The molecule has 0 bridgehead atoms. The molecule has 0 aromatic heterocycles. The van der Waals surface area contributed by atoms with Gasteiger partial charge in [0.25, 0.3) is 5.69 Å². The van der Waals surface area contributed by atoms with Crippen LogP contribution in [0.3, 0.4) is 0 Å². The Morgan fingerprint density at radius 1 is 1.33 bits per heavy atom. The molecule has 0 saturated carbocycles. The number of rotatable bonds is 3. The zero-order chi connectivity index (χ0) is 15.8. The molecule has 1 aromatic rings. The Bertz CT molecular complexity index is 654. The summed E-state index contributed by atoms with van der Waals surface area (Å²) in [5.74, 6) is 0. The van der Waals surface area contributed by atoms with Crippen LogP contribution in [0.5, 0.6) is 0 Å². The van der Waals surface area contributed by atoms with Crippen molar-refractivity contribution in [3.8, 4) is 0 Å². The molecule has 1 aliphatic rings. The summed E-state index contributed by atoms with van der Waals surface area (Å²) in [4.78, 5) is 10.1. The van der Waals surface area contributed by atoms with Crippen LogP contribution >= 0.6 is 11.6 Å². The van der Waals surface area contributed by atoms with Gasteiger partial charge in [-0.1, -0.05) is 11.6 Å². The number of hydrogen-bond acceptors (Lipinski definition) is 5. The molecule has 1 aromatic carbocycles. The molecule has 0 amide bonds. The van der Waals surface area contributed by atoms with Crippen molar-refractivity contribution in [1.82, 2.24) is 9.62 Å². The molecular weight excluding hydrogens is 318 g/mol. The largest absolute Gasteiger partial charge is 0.314 e. The maximum absolute atomic E-state index is 12.8. The highest BCUT2D eigenvalue weighted by Gasteiger charge is 2.39. The molecule has 1 aliphatic heterocycles. The lowest BCUT2D eigenvalue weighted by Gasteiger charge is -2.37. The predicted octanol–water partition coefficient (Wildman–Crippen LogP) is 1.62. The van der Waals surface area contributed by atoms with Gasteiger partial charge in [0, 0.05) is 36.3 Å². The maximum atomic E-state index is 12.8. The van der Waals surface area contributed by atoms with Gasteiger partial charge in [-0.15, -0.1) is 0 Å². The fourth-order valence-corrected chi connectivity index (χ4v) is 4.68. The summed E-state index contributed by atoms with van der Waals surface area (Å²) < 4.78 is 26.9. The van der Waals surface area contributed by atoms with E-state index < -0.39 is 20.6 Å². The van der Waals surface area contributed by atoms with Gasteiger partial charge in [0.15, 0.2) is 4.90 Å². The normalized spacial score (nSPS) is 24.0. The fraction of sp³-hybridized carbons (Fsp3) is 0.500. The lowest BCUT2D eigenvalue weighted by atomic mass is 10.2. The number of sulfonamides is 1. The third-order valence-corrected chi connectivity index (χ3v) is 5.83. The highest BCUT2D eigenvalue weighted by atomic mass is 35.5. The molecule has 0 spiro atoms. The molecule has 1 fully saturated rings. The summed E-state index contributed by atoms with van der Waals surface area (Å²) in [6, 6.07) is 3.03. The third-order valence-electron chi connectivity index (χ3n) is 3.42. The quantitative estimate of drug-likeness (QED) is 0.670. The van der Waals surface area contributed by atoms with Crippen LogP contribution in [0.2, 0.25) is 5.02 Å². The van der Waals surface area contributed by atoms with Crippen molar-refractivity contribution in [2.75, 3.05) is 13.1 Å². The average Bonchev–Trinajstić information content (AvgIpc) is 2.37. The van der Waals surface area contributed by atoms with Crippen LogP contribution in [0, 0.1) is 10.1 Å². The second-order valence-corrected chi connectivity index (χ2v) is 7.31. The molecule has 1 N–H and O–H groups in total. The van der Waals surface area contributed by atoms with E-state index in [0.717, 1.165) is 6.07 Å². The molecule has 21 heavy (non-hydrogen) atoms. The number of hydrogen-bond donors (Lipinski definition) is 1. The topological polar surface area (TPSA) is 92.6 Å². The SMILES string of the molecule is CC1CNCC(C)N1S(=O)(=O)c1ccc(Cl)cc1[N+](=O)[O-]. The molecular formula is C12H16ClN3O4S. The van der Waals surface area contributed by atoms with Crippen LogP contribution in [0.15, 0.2) is 23.1 Å². The van der Waals surface area contributed by atoms with Crippen molar-refractivity contribution in [2.45, 2.75) is 30.8 Å². The van der Waals surface area contributed by atoms with E-state index in [0.29, 0.717) is 13.1 Å². The van der Waals surface area contributed by atoms with Crippen molar-refractivity contribution in [3.63, 3.8) is 0 Å². The van der Waals surface area contributed by atoms with Gasteiger partial charge in [-0.05, 0) is 26.0 Å². The summed E-state index contributed by atoms with van der Waals surface area (Å²) in [6.07, 6.45) is 0. The number of benzene rings is 1.